The minimum Gasteiger partial charge on any atom is -0.355 e. The summed E-state index contributed by atoms with van der Waals surface area (Å²) in [5, 5.41) is 0. The Bertz CT molecular complexity index is 1680. The number of allylic oxidation sites excluding steroid dienone is 2. The van der Waals surface area contributed by atoms with Gasteiger partial charge in [0.1, 0.15) is 0 Å². The predicted molar refractivity (Wildman–Crippen MR) is 174 cm³/mol. The molecule has 41 heavy (non-hydrogen) atoms. The molecule has 0 aromatic carbocycles. The molecule has 8 bridgehead atoms. The standard InChI is InChI=1S/C36H46N4.Pd/c1-9-22-19-25-20-23-17-18-24(37-23)21-32-26(10-2)29(13-5)36(40(32)16-8)31(15-7)35-28(12-4)27(11-3)34(39-35)30(14-6)33(22)38-25;/h17-21,38H,9-16H2,1-8H3;. The van der Waals surface area contributed by atoms with Crippen LogP contribution in [-0.4, -0.2) is 19.5 Å². The third-order valence-electron chi connectivity index (χ3n) is 8.85. The van der Waals surface area contributed by atoms with Crippen LogP contribution in [0.15, 0.2) is 18.2 Å². The van der Waals surface area contributed by atoms with Gasteiger partial charge in [-0.05, 0) is 110 Å². The van der Waals surface area contributed by atoms with E-state index in [1.807, 2.05) is 0 Å². The van der Waals surface area contributed by atoms with E-state index in [0.717, 1.165) is 68.4 Å². The molecule has 2 aliphatic heterocycles. The van der Waals surface area contributed by atoms with Gasteiger partial charge in [-0.1, -0.05) is 48.5 Å². The molecule has 3 aromatic heterocycles. The number of hydrogen-bond acceptors (Lipinski definition) is 2. The van der Waals surface area contributed by atoms with Crippen LogP contribution in [0.25, 0.3) is 45.4 Å². The zero-order valence-electron chi connectivity index (χ0n) is 26.2. The van der Waals surface area contributed by atoms with Crippen molar-refractivity contribution in [2.75, 3.05) is 0 Å². The number of H-pyrrole nitrogens is 1. The van der Waals surface area contributed by atoms with Crippen LogP contribution in [0.1, 0.15) is 119 Å². The Kier molecular flexibility index (Phi) is 9.94. The molecule has 5 rings (SSSR count). The average molecular weight is 641 g/mol. The van der Waals surface area contributed by atoms with E-state index in [9.17, 15) is 0 Å². The van der Waals surface area contributed by atoms with E-state index in [2.05, 4.69) is 95.3 Å². The molecule has 0 atom stereocenters. The van der Waals surface area contributed by atoms with Gasteiger partial charge in [-0.3, -0.25) is 0 Å². The summed E-state index contributed by atoms with van der Waals surface area (Å²) in [6.07, 6.45) is 11.2. The number of rotatable bonds is 8. The monoisotopic (exact) mass is 640 g/mol. The molecule has 0 spiro atoms. The normalized spacial score (nSPS) is 12.8. The fourth-order valence-electron chi connectivity index (χ4n) is 7.06. The second-order valence-corrected chi connectivity index (χ2v) is 10.8. The van der Waals surface area contributed by atoms with E-state index in [-0.39, 0.29) is 20.4 Å². The van der Waals surface area contributed by atoms with Gasteiger partial charge in [-0.25, -0.2) is 9.97 Å². The van der Waals surface area contributed by atoms with Gasteiger partial charge < -0.3 is 9.55 Å². The topological polar surface area (TPSA) is 46.5 Å². The molecule has 0 fully saturated rings. The van der Waals surface area contributed by atoms with Crippen LogP contribution in [0.2, 0.25) is 0 Å². The molecule has 3 aromatic rings. The van der Waals surface area contributed by atoms with Gasteiger partial charge in [-0.2, -0.15) is 0 Å². The Hall–Kier alpha value is -2.74. The molecule has 0 radical (unpaired) electrons. The summed E-state index contributed by atoms with van der Waals surface area (Å²) in [6, 6.07) is 6.80. The summed E-state index contributed by atoms with van der Waals surface area (Å²) in [6.45, 7) is 19.2. The maximum Gasteiger partial charge on any atom is 0.0725 e. The van der Waals surface area contributed by atoms with Crippen molar-refractivity contribution >= 4 is 45.4 Å². The van der Waals surface area contributed by atoms with Gasteiger partial charge in [0.15, 0.2) is 0 Å². The first-order chi connectivity index (χ1) is 19.5. The van der Waals surface area contributed by atoms with E-state index in [1.54, 1.807) is 0 Å². The average Bonchev–Trinajstić information content (AvgIpc) is 3.73. The van der Waals surface area contributed by atoms with Crippen molar-refractivity contribution < 1.29 is 20.4 Å². The van der Waals surface area contributed by atoms with Gasteiger partial charge in [-0.15, -0.1) is 0 Å². The molecule has 5 heteroatoms. The zero-order valence-corrected chi connectivity index (χ0v) is 27.8. The molecular weight excluding hydrogens is 595 g/mol. The van der Waals surface area contributed by atoms with Crippen LogP contribution >= 0.6 is 0 Å². The van der Waals surface area contributed by atoms with Crippen LogP contribution < -0.4 is 0 Å². The van der Waals surface area contributed by atoms with Crippen LogP contribution in [0, 0.1) is 0 Å². The van der Waals surface area contributed by atoms with Gasteiger partial charge >= 0.3 is 0 Å². The Morgan fingerprint density at radius 3 is 1.73 bits per heavy atom. The Labute approximate surface area is 260 Å². The molecule has 0 saturated heterocycles. The van der Waals surface area contributed by atoms with Crippen molar-refractivity contribution in [1.29, 1.82) is 0 Å². The van der Waals surface area contributed by atoms with Crippen molar-refractivity contribution in [3.05, 3.63) is 68.8 Å². The number of nitrogens with zero attached hydrogens (tertiary/aromatic N) is 3. The van der Waals surface area contributed by atoms with Crippen molar-refractivity contribution in [2.24, 2.45) is 0 Å². The fraction of sp³-hybridized carbons (Fsp3) is 0.444. The second-order valence-electron chi connectivity index (χ2n) is 10.8. The van der Waals surface area contributed by atoms with E-state index in [0.29, 0.717) is 0 Å². The molecule has 0 amide bonds. The minimum atomic E-state index is 0. The first-order valence-corrected chi connectivity index (χ1v) is 15.7. The summed E-state index contributed by atoms with van der Waals surface area (Å²) in [5.41, 5.74) is 19.3. The van der Waals surface area contributed by atoms with Crippen molar-refractivity contribution in [2.45, 2.75) is 107 Å². The quantitative estimate of drug-likeness (QED) is 0.195. The molecule has 0 unspecified atom stereocenters. The number of aromatic nitrogens is 4. The van der Waals surface area contributed by atoms with E-state index < -0.39 is 0 Å². The Morgan fingerprint density at radius 1 is 0.610 bits per heavy atom. The van der Waals surface area contributed by atoms with E-state index >= 15 is 0 Å². The van der Waals surface area contributed by atoms with Crippen molar-refractivity contribution in [1.82, 2.24) is 19.5 Å². The van der Waals surface area contributed by atoms with Gasteiger partial charge in [0.25, 0.3) is 0 Å². The maximum atomic E-state index is 5.61. The summed E-state index contributed by atoms with van der Waals surface area (Å²) in [5.74, 6) is 0. The number of fused-ring (bicyclic) bond motifs is 8. The van der Waals surface area contributed by atoms with E-state index in [1.165, 1.54) is 66.9 Å². The van der Waals surface area contributed by atoms with E-state index in [4.69, 9.17) is 9.97 Å². The number of aryl methyl sites for hydroxylation is 6. The zero-order chi connectivity index (χ0) is 28.6. The summed E-state index contributed by atoms with van der Waals surface area (Å²) < 4.78 is 2.55. The van der Waals surface area contributed by atoms with Crippen molar-refractivity contribution in [3.8, 4) is 0 Å². The largest absolute Gasteiger partial charge is 0.355 e. The van der Waals surface area contributed by atoms with Crippen LogP contribution in [-0.2, 0) is 59.1 Å². The summed E-state index contributed by atoms with van der Waals surface area (Å²) >= 11 is 0. The molecule has 5 heterocycles. The summed E-state index contributed by atoms with van der Waals surface area (Å²) in [7, 11) is 0. The first-order valence-electron chi connectivity index (χ1n) is 15.7. The third kappa shape index (κ3) is 5.21. The SMILES string of the molecule is CCC1=C(CC)c2nc1c(CC)c1[nH]c(cc3nc(cc4c(CC)c(CC)c(c2CC)n4CC)C=C3)cc1CC.[Pd]. The molecule has 0 aliphatic carbocycles. The number of aromatic amines is 1. The second kappa shape index (κ2) is 13.1. The Balaban J connectivity index is 0.00000387. The van der Waals surface area contributed by atoms with Gasteiger partial charge in [0.05, 0.1) is 28.3 Å². The van der Waals surface area contributed by atoms with Crippen molar-refractivity contribution in [3.63, 3.8) is 0 Å². The molecule has 1 N–H and O–H groups in total. The molecule has 220 valence electrons. The van der Waals surface area contributed by atoms with Gasteiger partial charge in [0.2, 0.25) is 0 Å². The maximum absolute atomic E-state index is 5.61. The van der Waals surface area contributed by atoms with Gasteiger partial charge in [0, 0.05) is 54.6 Å². The molecular formula is C36H46N4Pd. The van der Waals surface area contributed by atoms with Crippen LogP contribution in [0.4, 0.5) is 0 Å². The van der Waals surface area contributed by atoms with Crippen LogP contribution in [0.3, 0.4) is 0 Å². The third-order valence-corrected chi connectivity index (χ3v) is 8.85. The number of hydrogen-bond donors (Lipinski definition) is 1. The molecule has 0 saturated carbocycles. The number of nitrogens with one attached hydrogen (secondary N) is 1. The first kappa shape index (κ1) is 31.2. The minimum absolute atomic E-state index is 0. The summed E-state index contributed by atoms with van der Waals surface area (Å²) in [4.78, 5) is 14.4. The van der Waals surface area contributed by atoms with Crippen LogP contribution in [0.5, 0.6) is 0 Å². The Morgan fingerprint density at radius 2 is 1.20 bits per heavy atom. The molecule has 4 nitrogen and oxygen atoms in total. The molecule has 2 aliphatic rings. The predicted octanol–water partition coefficient (Wildman–Crippen LogP) is 9.52. The fourth-order valence-corrected chi connectivity index (χ4v) is 7.06. The smallest absolute Gasteiger partial charge is 0.0725 e.